The fraction of sp³-hybridized carbons (Fsp3) is 0.308. The van der Waals surface area contributed by atoms with E-state index in [9.17, 15) is 4.39 Å². The summed E-state index contributed by atoms with van der Waals surface area (Å²) >= 11 is 7.45. The minimum absolute atomic E-state index is 0.299. The van der Waals surface area contributed by atoms with Gasteiger partial charge in [0.15, 0.2) is 0 Å². The summed E-state index contributed by atoms with van der Waals surface area (Å²) < 4.78 is 13.1. The van der Waals surface area contributed by atoms with Crippen LogP contribution in [0.5, 0.6) is 0 Å². The molecule has 0 fully saturated rings. The summed E-state index contributed by atoms with van der Waals surface area (Å²) in [6, 6.07) is 4.57. The van der Waals surface area contributed by atoms with Crippen LogP contribution in [-0.4, -0.2) is 11.5 Å². The molecule has 2 rings (SSSR count). The molecular formula is C13H14ClFN2S. The van der Waals surface area contributed by atoms with Crippen LogP contribution in [0.1, 0.15) is 23.4 Å². The van der Waals surface area contributed by atoms with Crippen LogP contribution in [0.2, 0.25) is 5.02 Å². The van der Waals surface area contributed by atoms with Crippen molar-refractivity contribution in [2.45, 2.75) is 19.4 Å². The maximum atomic E-state index is 13.1. The topological polar surface area (TPSA) is 24.9 Å². The number of benzene rings is 1. The highest BCUT2D eigenvalue weighted by Crippen LogP contribution is 2.17. The van der Waals surface area contributed by atoms with Gasteiger partial charge >= 0.3 is 0 Å². The monoisotopic (exact) mass is 284 g/mol. The number of hydrogen-bond donors (Lipinski definition) is 1. The van der Waals surface area contributed by atoms with Crippen LogP contribution in [0, 0.1) is 5.82 Å². The zero-order valence-electron chi connectivity index (χ0n) is 9.99. The molecule has 1 aromatic heterocycles. The van der Waals surface area contributed by atoms with Crippen molar-refractivity contribution >= 4 is 22.9 Å². The van der Waals surface area contributed by atoms with Crippen LogP contribution in [0.25, 0.3) is 0 Å². The molecule has 96 valence electrons. The van der Waals surface area contributed by atoms with Gasteiger partial charge in [0, 0.05) is 35.6 Å². The molecule has 2 nitrogen and oxygen atoms in total. The molecule has 1 aromatic carbocycles. The van der Waals surface area contributed by atoms with Gasteiger partial charge in [-0.15, -0.1) is 11.3 Å². The Bertz CT molecular complexity index is 481. The molecule has 0 aliphatic rings. The molecule has 0 saturated carbocycles. The molecule has 0 aliphatic carbocycles. The Morgan fingerprint density at radius 3 is 2.94 bits per heavy atom. The first kappa shape index (κ1) is 13.5. The number of aromatic nitrogens is 1. The number of thiazole rings is 1. The van der Waals surface area contributed by atoms with E-state index in [1.54, 1.807) is 17.4 Å². The molecule has 0 radical (unpaired) electrons. The van der Waals surface area contributed by atoms with Gasteiger partial charge in [-0.3, -0.25) is 0 Å². The number of rotatable bonds is 5. The second-order valence-corrected chi connectivity index (χ2v) is 5.54. The van der Waals surface area contributed by atoms with Gasteiger partial charge in [-0.25, -0.2) is 9.37 Å². The minimum atomic E-state index is -0.299. The third-order valence-corrected chi connectivity index (χ3v) is 3.80. The SMILES string of the molecule is CC(CNCc1cc(F)cc(Cl)c1)c1nccs1. The van der Waals surface area contributed by atoms with Crippen molar-refractivity contribution in [2.24, 2.45) is 0 Å². The summed E-state index contributed by atoms with van der Waals surface area (Å²) in [5.41, 5.74) is 0.853. The normalized spacial score (nSPS) is 12.6. The van der Waals surface area contributed by atoms with E-state index < -0.39 is 0 Å². The van der Waals surface area contributed by atoms with Gasteiger partial charge in [-0.2, -0.15) is 0 Å². The third kappa shape index (κ3) is 3.77. The molecule has 0 aliphatic heterocycles. The summed E-state index contributed by atoms with van der Waals surface area (Å²) in [5, 5.41) is 6.80. The van der Waals surface area contributed by atoms with Crippen molar-refractivity contribution in [1.29, 1.82) is 0 Å². The van der Waals surface area contributed by atoms with E-state index in [1.807, 2.05) is 11.6 Å². The van der Waals surface area contributed by atoms with Crippen LogP contribution >= 0.6 is 22.9 Å². The molecule has 0 spiro atoms. The van der Waals surface area contributed by atoms with Crippen molar-refractivity contribution < 1.29 is 4.39 Å². The van der Waals surface area contributed by atoms with Crippen molar-refractivity contribution in [1.82, 2.24) is 10.3 Å². The molecule has 1 N–H and O–H groups in total. The van der Waals surface area contributed by atoms with E-state index in [1.165, 1.54) is 12.1 Å². The molecule has 1 atom stereocenters. The number of nitrogens with zero attached hydrogens (tertiary/aromatic N) is 1. The summed E-state index contributed by atoms with van der Waals surface area (Å²) in [6.07, 6.45) is 1.81. The van der Waals surface area contributed by atoms with Gasteiger partial charge in [-0.1, -0.05) is 18.5 Å². The molecular weight excluding hydrogens is 271 g/mol. The van der Waals surface area contributed by atoms with Gasteiger partial charge in [-0.05, 0) is 23.8 Å². The van der Waals surface area contributed by atoms with Gasteiger partial charge in [0.2, 0.25) is 0 Å². The Kier molecular flexibility index (Phi) is 4.69. The zero-order chi connectivity index (χ0) is 13.0. The van der Waals surface area contributed by atoms with Crippen molar-refractivity contribution in [2.75, 3.05) is 6.54 Å². The van der Waals surface area contributed by atoms with E-state index >= 15 is 0 Å². The predicted octanol–water partition coefficient (Wildman–Crippen LogP) is 3.83. The lowest BCUT2D eigenvalue weighted by molar-refractivity contribution is 0.601. The predicted molar refractivity (Wildman–Crippen MR) is 73.6 cm³/mol. The molecule has 5 heteroatoms. The van der Waals surface area contributed by atoms with Crippen LogP contribution in [-0.2, 0) is 6.54 Å². The number of hydrogen-bond acceptors (Lipinski definition) is 3. The Morgan fingerprint density at radius 1 is 1.44 bits per heavy atom. The molecule has 0 amide bonds. The lowest BCUT2D eigenvalue weighted by Crippen LogP contribution is -2.19. The molecule has 0 saturated heterocycles. The van der Waals surface area contributed by atoms with Crippen LogP contribution in [0.3, 0.4) is 0 Å². The summed E-state index contributed by atoms with van der Waals surface area (Å²) in [4.78, 5) is 4.27. The zero-order valence-corrected chi connectivity index (χ0v) is 11.6. The summed E-state index contributed by atoms with van der Waals surface area (Å²) in [6.45, 7) is 3.53. The van der Waals surface area contributed by atoms with Gasteiger partial charge in [0.1, 0.15) is 5.82 Å². The highest BCUT2D eigenvalue weighted by Gasteiger charge is 2.07. The maximum Gasteiger partial charge on any atom is 0.125 e. The highest BCUT2D eigenvalue weighted by molar-refractivity contribution is 7.09. The Morgan fingerprint density at radius 2 is 2.28 bits per heavy atom. The fourth-order valence-electron chi connectivity index (χ4n) is 1.71. The Hall–Kier alpha value is -0.970. The largest absolute Gasteiger partial charge is 0.312 e. The summed E-state index contributed by atoms with van der Waals surface area (Å²) in [5.74, 6) is 0.0568. The molecule has 1 heterocycles. The number of halogens is 2. The minimum Gasteiger partial charge on any atom is -0.312 e. The van der Waals surface area contributed by atoms with Crippen molar-refractivity contribution in [3.63, 3.8) is 0 Å². The van der Waals surface area contributed by atoms with Crippen molar-refractivity contribution in [3.8, 4) is 0 Å². The van der Waals surface area contributed by atoms with Crippen LogP contribution in [0.15, 0.2) is 29.8 Å². The van der Waals surface area contributed by atoms with E-state index in [0.29, 0.717) is 17.5 Å². The first-order valence-corrected chi connectivity index (χ1v) is 6.96. The van der Waals surface area contributed by atoms with Crippen LogP contribution < -0.4 is 5.32 Å². The first-order valence-electron chi connectivity index (χ1n) is 5.70. The van der Waals surface area contributed by atoms with E-state index in [0.717, 1.165) is 17.1 Å². The molecule has 2 aromatic rings. The maximum absolute atomic E-state index is 13.1. The molecule has 1 unspecified atom stereocenters. The molecule has 0 bridgehead atoms. The average Bonchev–Trinajstić information content (AvgIpc) is 2.80. The Balaban J connectivity index is 1.85. The van der Waals surface area contributed by atoms with Gasteiger partial charge in [0.25, 0.3) is 0 Å². The van der Waals surface area contributed by atoms with Crippen LogP contribution in [0.4, 0.5) is 4.39 Å². The lowest BCUT2D eigenvalue weighted by atomic mass is 10.2. The second-order valence-electron chi connectivity index (χ2n) is 4.18. The Labute approximate surface area is 115 Å². The second kappa shape index (κ2) is 6.27. The average molecular weight is 285 g/mol. The van der Waals surface area contributed by atoms with Crippen molar-refractivity contribution in [3.05, 3.63) is 51.2 Å². The van der Waals surface area contributed by atoms with E-state index in [2.05, 4.69) is 17.2 Å². The first-order chi connectivity index (χ1) is 8.65. The van der Waals surface area contributed by atoms with E-state index in [4.69, 9.17) is 11.6 Å². The van der Waals surface area contributed by atoms with Gasteiger partial charge < -0.3 is 5.32 Å². The summed E-state index contributed by atoms with van der Waals surface area (Å²) in [7, 11) is 0. The lowest BCUT2D eigenvalue weighted by Gasteiger charge is -2.10. The smallest absolute Gasteiger partial charge is 0.125 e. The molecule has 18 heavy (non-hydrogen) atoms. The standard InChI is InChI=1S/C13H14ClFN2S/c1-9(13-17-2-3-18-13)7-16-8-10-4-11(14)6-12(15)5-10/h2-6,9,16H,7-8H2,1H3. The van der Waals surface area contributed by atoms with Gasteiger partial charge in [0.05, 0.1) is 5.01 Å². The fourth-order valence-corrected chi connectivity index (χ4v) is 2.65. The highest BCUT2D eigenvalue weighted by atomic mass is 35.5. The van der Waals surface area contributed by atoms with E-state index in [-0.39, 0.29) is 5.82 Å². The third-order valence-electron chi connectivity index (χ3n) is 2.57. The quantitative estimate of drug-likeness (QED) is 0.903. The number of nitrogens with one attached hydrogen (secondary N) is 1.